The van der Waals surface area contributed by atoms with Crippen LogP contribution in [0.1, 0.15) is 30.1 Å². The highest BCUT2D eigenvalue weighted by atomic mass is 16.7. The van der Waals surface area contributed by atoms with Crippen LogP contribution in [-0.2, 0) is 9.47 Å². The molecule has 2 aromatic rings. The third-order valence-corrected chi connectivity index (χ3v) is 6.68. The van der Waals surface area contributed by atoms with Gasteiger partial charge in [-0.15, -0.1) is 0 Å². The van der Waals surface area contributed by atoms with Crippen LogP contribution in [0.2, 0.25) is 0 Å². The molecule has 2 fully saturated rings. The van der Waals surface area contributed by atoms with Gasteiger partial charge in [-0.2, -0.15) is 15.8 Å². The maximum atomic E-state index is 10.6. The lowest BCUT2D eigenvalue weighted by atomic mass is 9.52. The number of methoxy groups -OCH3 is 1. The Morgan fingerprint density at radius 3 is 2.18 bits per heavy atom. The summed E-state index contributed by atoms with van der Waals surface area (Å²) in [4.78, 5) is 1.92. The first kappa shape index (κ1) is 22.1. The summed E-state index contributed by atoms with van der Waals surface area (Å²) in [6, 6.07) is 20.6. The molecule has 33 heavy (non-hydrogen) atoms. The lowest BCUT2D eigenvalue weighted by Crippen LogP contribution is -2.57. The van der Waals surface area contributed by atoms with E-state index in [1.165, 1.54) is 7.11 Å². The molecule has 166 valence electrons. The minimum absolute atomic E-state index is 0.453. The number of benzene rings is 2. The number of nitrogens with zero attached hydrogens (tertiary/aromatic N) is 4. The Balaban J connectivity index is 2.00. The molecule has 4 rings (SSSR count). The molecule has 2 aliphatic heterocycles. The minimum Gasteiger partial charge on any atom is -0.496 e. The van der Waals surface area contributed by atoms with E-state index >= 15 is 0 Å². The normalized spacial score (nSPS) is 29.2. The number of hydrogen-bond donors (Lipinski definition) is 1. The Morgan fingerprint density at radius 2 is 1.64 bits per heavy atom. The highest BCUT2D eigenvalue weighted by molar-refractivity contribution is 5.90. The highest BCUT2D eigenvalue weighted by Gasteiger charge is 2.80. The van der Waals surface area contributed by atoms with Crippen molar-refractivity contribution in [2.45, 2.75) is 24.7 Å². The average Bonchev–Trinajstić information content (AvgIpc) is 3.01. The van der Waals surface area contributed by atoms with E-state index < -0.39 is 34.5 Å². The maximum absolute atomic E-state index is 10.6. The lowest BCUT2D eigenvalue weighted by molar-refractivity contribution is -0.253. The molecule has 0 aliphatic carbocycles. The number of hydrogen-bond acceptors (Lipinski definition) is 8. The summed E-state index contributed by atoms with van der Waals surface area (Å²) in [6.45, 7) is 1.64. The van der Waals surface area contributed by atoms with Crippen molar-refractivity contribution in [3.05, 3.63) is 59.7 Å². The molecule has 2 bridgehead atoms. The lowest BCUT2D eigenvalue weighted by Gasteiger charge is -2.49. The number of nitriles is 3. The largest absolute Gasteiger partial charge is 0.496 e. The van der Waals surface area contributed by atoms with Crippen molar-refractivity contribution < 1.29 is 14.2 Å². The van der Waals surface area contributed by atoms with Crippen LogP contribution in [-0.4, -0.2) is 32.9 Å². The first-order chi connectivity index (χ1) is 15.7. The van der Waals surface area contributed by atoms with Gasteiger partial charge in [0, 0.05) is 32.3 Å². The van der Waals surface area contributed by atoms with E-state index in [-0.39, 0.29) is 0 Å². The minimum atomic E-state index is -2.06. The number of rotatable bonds is 4. The molecule has 0 saturated carbocycles. The summed E-state index contributed by atoms with van der Waals surface area (Å²) in [6.07, 6.45) is -1.12. The first-order valence-electron chi connectivity index (χ1n) is 10.3. The van der Waals surface area contributed by atoms with Crippen molar-refractivity contribution in [2.24, 2.45) is 10.8 Å². The van der Waals surface area contributed by atoms with E-state index in [1.807, 2.05) is 31.1 Å². The Kier molecular flexibility index (Phi) is 5.04. The third-order valence-electron chi connectivity index (χ3n) is 6.68. The fourth-order valence-corrected chi connectivity index (χ4v) is 5.10. The van der Waals surface area contributed by atoms with Gasteiger partial charge in [-0.1, -0.05) is 30.3 Å². The van der Waals surface area contributed by atoms with E-state index in [2.05, 4.69) is 18.2 Å². The number of anilines is 1. The summed E-state index contributed by atoms with van der Waals surface area (Å²) in [5.74, 6) is -2.44. The van der Waals surface area contributed by atoms with Gasteiger partial charge in [0.25, 0.3) is 0 Å². The monoisotopic (exact) mass is 441 g/mol. The van der Waals surface area contributed by atoms with E-state index in [1.54, 1.807) is 43.3 Å². The standard InChI is InChI=1S/C25H23N5O3/c1-23-20(18-7-5-6-8-19(18)31-4)25(15-28,22(29)33-23)24(13-26,14-27)21(32-23)16-9-11-17(12-10-16)30(2)3/h5-12,20-21,29H,1-4H3. The third kappa shape index (κ3) is 2.73. The Morgan fingerprint density at radius 1 is 1.00 bits per heavy atom. The number of ether oxygens (including phenoxy) is 3. The molecular weight excluding hydrogens is 418 g/mol. The zero-order valence-electron chi connectivity index (χ0n) is 18.8. The summed E-state index contributed by atoms with van der Waals surface area (Å²) >= 11 is 0. The number of fused-ring (bicyclic) bond motifs is 2. The van der Waals surface area contributed by atoms with E-state index in [0.717, 1.165) is 5.69 Å². The van der Waals surface area contributed by atoms with Crippen LogP contribution in [0.3, 0.4) is 0 Å². The number of para-hydroxylation sites is 1. The molecule has 0 amide bonds. The fraction of sp³-hybridized carbons (Fsp3) is 0.360. The van der Waals surface area contributed by atoms with Crippen LogP contribution < -0.4 is 9.64 Å². The molecule has 0 aromatic heterocycles. The molecular formula is C25H23N5O3. The Hall–Kier alpha value is -4.06. The van der Waals surface area contributed by atoms with Crippen molar-refractivity contribution in [1.82, 2.24) is 0 Å². The zero-order chi connectivity index (χ0) is 24.0. The predicted octanol–water partition coefficient (Wildman–Crippen LogP) is 3.88. The predicted molar refractivity (Wildman–Crippen MR) is 119 cm³/mol. The van der Waals surface area contributed by atoms with Crippen LogP contribution in [0.4, 0.5) is 5.69 Å². The van der Waals surface area contributed by atoms with Crippen LogP contribution in [0, 0.1) is 50.2 Å². The van der Waals surface area contributed by atoms with Crippen molar-refractivity contribution in [1.29, 1.82) is 21.2 Å². The molecule has 2 saturated heterocycles. The zero-order valence-corrected chi connectivity index (χ0v) is 18.8. The molecule has 0 radical (unpaired) electrons. The van der Waals surface area contributed by atoms with E-state index in [4.69, 9.17) is 19.6 Å². The van der Waals surface area contributed by atoms with Crippen molar-refractivity contribution in [2.75, 3.05) is 26.1 Å². The first-order valence-corrected chi connectivity index (χ1v) is 10.3. The summed E-state index contributed by atoms with van der Waals surface area (Å²) in [7, 11) is 5.30. The molecule has 8 heteroatoms. The molecule has 4 atom stereocenters. The van der Waals surface area contributed by atoms with Gasteiger partial charge in [-0.25, -0.2) is 0 Å². The van der Waals surface area contributed by atoms with Crippen LogP contribution >= 0.6 is 0 Å². The second-order valence-corrected chi connectivity index (χ2v) is 8.56. The summed E-state index contributed by atoms with van der Waals surface area (Å²) in [5, 5.41) is 40.1. The molecule has 0 spiro atoms. The van der Waals surface area contributed by atoms with Gasteiger partial charge < -0.3 is 19.1 Å². The maximum Gasteiger partial charge on any atom is 0.219 e. The topological polar surface area (TPSA) is 126 Å². The van der Waals surface area contributed by atoms with Crippen molar-refractivity contribution in [3.8, 4) is 24.0 Å². The number of nitrogens with one attached hydrogen (secondary N) is 1. The fourth-order valence-electron chi connectivity index (χ4n) is 5.10. The second kappa shape index (κ2) is 7.52. The van der Waals surface area contributed by atoms with Gasteiger partial charge >= 0.3 is 0 Å². The van der Waals surface area contributed by atoms with Crippen molar-refractivity contribution in [3.63, 3.8) is 0 Å². The molecule has 2 aliphatic rings. The van der Waals surface area contributed by atoms with Gasteiger partial charge in [0.05, 0.1) is 31.2 Å². The van der Waals surface area contributed by atoms with Gasteiger partial charge in [0.15, 0.2) is 5.41 Å². The van der Waals surface area contributed by atoms with E-state index in [0.29, 0.717) is 16.9 Å². The van der Waals surface area contributed by atoms with Gasteiger partial charge in [-0.3, -0.25) is 5.41 Å². The summed E-state index contributed by atoms with van der Waals surface area (Å²) in [5.41, 5.74) is -1.98. The van der Waals surface area contributed by atoms with Gasteiger partial charge in [0.1, 0.15) is 11.9 Å². The van der Waals surface area contributed by atoms with Crippen molar-refractivity contribution >= 4 is 11.6 Å². The molecule has 1 N–H and O–H groups in total. The Bertz CT molecular complexity index is 1220. The Labute approximate surface area is 192 Å². The van der Waals surface area contributed by atoms with Crippen LogP contribution in [0.5, 0.6) is 5.75 Å². The average molecular weight is 441 g/mol. The molecule has 4 unspecified atom stereocenters. The van der Waals surface area contributed by atoms with Gasteiger partial charge in [0.2, 0.25) is 17.1 Å². The molecule has 2 heterocycles. The van der Waals surface area contributed by atoms with Crippen LogP contribution in [0.15, 0.2) is 48.5 Å². The highest BCUT2D eigenvalue weighted by Crippen LogP contribution is 2.70. The van der Waals surface area contributed by atoms with Gasteiger partial charge in [-0.05, 0) is 23.8 Å². The smallest absolute Gasteiger partial charge is 0.219 e. The molecule has 2 aromatic carbocycles. The summed E-state index contributed by atoms with van der Waals surface area (Å²) < 4.78 is 17.8. The molecule has 8 nitrogen and oxygen atoms in total. The second-order valence-electron chi connectivity index (χ2n) is 8.56. The SMILES string of the molecule is COc1ccccc1C1C2(C)OC(=N)C1(C#N)C(C#N)(C#N)C(c1ccc(N(C)C)cc1)O2. The van der Waals surface area contributed by atoms with E-state index in [9.17, 15) is 15.8 Å². The quantitative estimate of drug-likeness (QED) is 0.763. The van der Waals surface area contributed by atoms with Crippen LogP contribution in [0.25, 0.3) is 0 Å².